The third-order valence-corrected chi connectivity index (χ3v) is 5.39. The topological polar surface area (TPSA) is 32.8 Å². The van der Waals surface area contributed by atoms with Crippen LogP contribution in [0.4, 0.5) is 10.1 Å². The summed E-state index contributed by atoms with van der Waals surface area (Å²) < 4.78 is 18.6. The van der Waals surface area contributed by atoms with Crippen molar-refractivity contribution in [2.24, 2.45) is 11.3 Å². The Bertz CT molecular complexity index is 609. The van der Waals surface area contributed by atoms with Crippen molar-refractivity contribution in [2.75, 3.05) is 38.2 Å². The maximum Gasteiger partial charge on any atom is 0.225 e. The van der Waals surface area contributed by atoms with E-state index in [-0.39, 0.29) is 11.7 Å². The van der Waals surface area contributed by atoms with Crippen molar-refractivity contribution in [1.82, 2.24) is 4.90 Å². The number of ether oxygens (including phenoxy) is 1. The predicted molar refractivity (Wildman–Crippen MR) is 92.9 cm³/mol. The summed E-state index contributed by atoms with van der Waals surface area (Å²) in [5.41, 5.74) is 1.19. The SMILES string of the molecule is COc1cc(F)ccc1N1CCN(C(=O)C2CCC(C)(C)C2)CC1. The highest BCUT2D eigenvalue weighted by atomic mass is 19.1. The van der Waals surface area contributed by atoms with E-state index in [1.807, 2.05) is 4.90 Å². The van der Waals surface area contributed by atoms with Crippen LogP contribution < -0.4 is 9.64 Å². The zero-order chi connectivity index (χ0) is 17.3. The second kappa shape index (κ2) is 6.61. The van der Waals surface area contributed by atoms with Gasteiger partial charge in [-0.05, 0) is 36.8 Å². The van der Waals surface area contributed by atoms with Crippen molar-refractivity contribution < 1.29 is 13.9 Å². The van der Waals surface area contributed by atoms with Crippen molar-refractivity contribution >= 4 is 11.6 Å². The van der Waals surface area contributed by atoms with Crippen LogP contribution >= 0.6 is 0 Å². The summed E-state index contributed by atoms with van der Waals surface area (Å²) in [6.07, 6.45) is 3.14. The molecular weight excluding hydrogens is 307 g/mol. The Morgan fingerprint density at radius 2 is 1.96 bits per heavy atom. The highest BCUT2D eigenvalue weighted by Crippen LogP contribution is 2.41. The second-order valence-electron chi connectivity index (χ2n) is 7.73. The smallest absolute Gasteiger partial charge is 0.225 e. The number of carbonyl (C=O) groups excluding carboxylic acids is 1. The first kappa shape index (κ1) is 17.1. The van der Waals surface area contributed by atoms with Crippen LogP contribution in [-0.4, -0.2) is 44.1 Å². The van der Waals surface area contributed by atoms with Crippen LogP contribution in [0.1, 0.15) is 33.1 Å². The molecule has 0 bridgehead atoms. The molecule has 0 radical (unpaired) electrons. The third kappa shape index (κ3) is 3.50. The molecule has 1 aromatic carbocycles. The van der Waals surface area contributed by atoms with Gasteiger partial charge >= 0.3 is 0 Å². The Balaban J connectivity index is 1.61. The number of methoxy groups -OCH3 is 1. The lowest BCUT2D eigenvalue weighted by Crippen LogP contribution is -2.50. The summed E-state index contributed by atoms with van der Waals surface area (Å²) in [6.45, 7) is 7.44. The first-order valence-electron chi connectivity index (χ1n) is 8.77. The average molecular weight is 334 g/mol. The molecule has 1 aliphatic carbocycles. The number of hydrogen-bond acceptors (Lipinski definition) is 3. The third-order valence-electron chi connectivity index (χ3n) is 5.39. The van der Waals surface area contributed by atoms with E-state index < -0.39 is 0 Å². The van der Waals surface area contributed by atoms with Crippen LogP contribution in [-0.2, 0) is 4.79 Å². The van der Waals surface area contributed by atoms with Crippen LogP contribution in [0.3, 0.4) is 0 Å². The van der Waals surface area contributed by atoms with Crippen LogP contribution in [0.25, 0.3) is 0 Å². The van der Waals surface area contributed by atoms with Crippen LogP contribution in [0.5, 0.6) is 5.75 Å². The molecule has 4 nitrogen and oxygen atoms in total. The fraction of sp³-hybridized carbons (Fsp3) is 0.632. The second-order valence-corrected chi connectivity index (χ2v) is 7.73. The molecule has 1 unspecified atom stereocenters. The number of benzene rings is 1. The first-order valence-corrected chi connectivity index (χ1v) is 8.77. The highest BCUT2D eigenvalue weighted by molar-refractivity contribution is 5.79. The Labute approximate surface area is 143 Å². The minimum Gasteiger partial charge on any atom is -0.494 e. The van der Waals surface area contributed by atoms with Gasteiger partial charge in [-0.2, -0.15) is 0 Å². The van der Waals surface area contributed by atoms with Crippen molar-refractivity contribution in [1.29, 1.82) is 0 Å². The highest BCUT2D eigenvalue weighted by Gasteiger charge is 2.37. The molecule has 5 heteroatoms. The Morgan fingerprint density at radius 3 is 2.54 bits per heavy atom. The van der Waals surface area contributed by atoms with Crippen LogP contribution in [0.2, 0.25) is 0 Å². The Hall–Kier alpha value is -1.78. The lowest BCUT2D eigenvalue weighted by Gasteiger charge is -2.37. The average Bonchev–Trinajstić information content (AvgIpc) is 2.94. The van der Waals surface area contributed by atoms with Gasteiger partial charge in [0.15, 0.2) is 0 Å². The minimum atomic E-state index is -0.298. The van der Waals surface area contributed by atoms with E-state index in [0.29, 0.717) is 17.1 Å². The molecule has 3 rings (SSSR count). The lowest BCUT2D eigenvalue weighted by molar-refractivity contribution is -0.135. The number of hydrogen-bond donors (Lipinski definition) is 0. The van der Waals surface area contributed by atoms with Gasteiger partial charge in [0.1, 0.15) is 11.6 Å². The quantitative estimate of drug-likeness (QED) is 0.850. The fourth-order valence-corrected chi connectivity index (χ4v) is 3.99. The van der Waals surface area contributed by atoms with Gasteiger partial charge in [0.2, 0.25) is 5.91 Å². The standard InChI is InChI=1S/C19H27FN2O2/c1-19(2)7-6-14(13-19)18(23)22-10-8-21(9-11-22)16-5-4-15(20)12-17(16)24-3/h4-5,12,14H,6-11,13H2,1-3H3. The Morgan fingerprint density at radius 1 is 1.25 bits per heavy atom. The van der Waals surface area contributed by atoms with E-state index in [1.165, 1.54) is 12.1 Å². The molecule has 132 valence electrons. The van der Waals surface area contributed by atoms with Crippen molar-refractivity contribution in [3.63, 3.8) is 0 Å². The molecule has 1 heterocycles. The van der Waals surface area contributed by atoms with Crippen molar-refractivity contribution in [2.45, 2.75) is 33.1 Å². The molecule has 2 fully saturated rings. The maximum absolute atomic E-state index is 13.4. The minimum absolute atomic E-state index is 0.187. The lowest BCUT2D eigenvalue weighted by atomic mass is 9.90. The number of carbonyl (C=O) groups is 1. The number of nitrogens with zero attached hydrogens (tertiary/aromatic N) is 2. The van der Waals surface area contributed by atoms with Crippen molar-refractivity contribution in [3.8, 4) is 5.75 Å². The predicted octanol–water partition coefficient (Wildman–Crippen LogP) is 3.31. The molecule has 0 aromatic heterocycles. The number of amides is 1. The number of rotatable bonds is 3. The summed E-state index contributed by atoms with van der Waals surface area (Å²) in [7, 11) is 1.56. The van der Waals surface area contributed by atoms with E-state index in [0.717, 1.165) is 51.1 Å². The van der Waals surface area contributed by atoms with Crippen LogP contribution in [0, 0.1) is 17.2 Å². The monoisotopic (exact) mass is 334 g/mol. The zero-order valence-corrected chi connectivity index (χ0v) is 14.8. The number of halogens is 1. The molecule has 24 heavy (non-hydrogen) atoms. The van der Waals surface area contributed by atoms with E-state index >= 15 is 0 Å². The molecule has 0 spiro atoms. The fourth-order valence-electron chi connectivity index (χ4n) is 3.99. The van der Waals surface area contributed by atoms with Gasteiger partial charge in [-0.1, -0.05) is 13.8 Å². The van der Waals surface area contributed by atoms with Gasteiger partial charge in [-0.25, -0.2) is 4.39 Å². The number of anilines is 1. The number of piperazine rings is 1. The van der Waals surface area contributed by atoms with Gasteiger partial charge in [0, 0.05) is 38.2 Å². The summed E-state index contributed by atoms with van der Waals surface area (Å²) in [5, 5.41) is 0. The van der Waals surface area contributed by atoms with Gasteiger partial charge < -0.3 is 14.5 Å². The molecule has 0 N–H and O–H groups in total. The molecule has 1 amide bonds. The van der Waals surface area contributed by atoms with E-state index in [2.05, 4.69) is 18.7 Å². The van der Waals surface area contributed by atoms with Gasteiger partial charge in [0.05, 0.1) is 12.8 Å². The molecule has 2 aliphatic rings. The first-order chi connectivity index (χ1) is 11.4. The molecular formula is C19H27FN2O2. The molecule has 1 saturated heterocycles. The van der Waals surface area contributed by atoms with Gasteiger partial charge in [-0.3, -0.25) is 4.79 Å². The summed E-state index contributed by atoms with van der Waals surface area (Å²) in [5.74, 6) is 0.749. The molecule has 1 saturated carbocycles. The molecule has 1 aliphatic heterocycles. The summed E-state index contributed by atoms with van der Waals surface area (Å²) in [4.78, 5) is 16.9. The van der Waals surface area contributed by atoms with E-state index in [4.69, 9.17) is 4.74 Å². The normalized spacial score (nSPS) is 23.4. The van der Waals surface area contributed by atoms with Gasteiger partial charge in [-0.15, -0.1) is 0 Å². The molecule has 1 aromatic rings. The largest absolute Gasteiger partial charge is 0.494 e. The molecule has 1 atom stereocenters. The van der Waals surface area contributed by atoms with Crippen LogP contribution in [0.15, 0.2) is 18.2 Å². The summed E-state index contributed by atoms with van der Waals surface area (Å²) in [6, 6.07) is 4.62. The summed E-state index contributed by atoms with van der Waals surface area (Å²) >= 11 is 0. The maximum atomic E-state index is 13.4. The Kier molecular flexibility index (Phi) is 4.70. The van der Waals surface area contributed by atoms with E-state index in [9.17, 15) is 9.18 Å². The zero-order valence-electron chi connectivity index (χ0n) is 14.8. The van der Waals surface area contributed by atoms with Gasteiger partial charge in [0.25, 0.3) is 0 Å². The van der Waals surface area contributed by atoms with Crippen molar-refractivity contribution in [3.05, 3.63) is 24.0 Å². The van der Waals surface area contributed by atoms with E-state index in [1.54, 1.807) is 13.2 Å².